The lowest BCUT2D eigenvalue weighted by atomic mass is 9.95. The largest absolute Gasteiger partial charge is 0.419 e. The fraction of sp³-hybridized carbons (Fsp3) is 0.158. The SMILES string of the molecule is CC1(C)OC(=O)C(=C(N)c2ccccc2-c2ccccc2)C(=O)O1. The lowest BCUT2D eigenvalue weighted by Gasteiger charge is -2.30. The fourth-order valence-corrected chi connectivity index (χ4v) is 2.59. The van der Waals surface area contributed by atoms with E-state index in [0.717, 1.165) is 11.1 Å². The van der Waals surface area contributed by atoms with Crippen LogP contribution in [0.3, 0.4) is 0 Å². The molecule has 3 rings (SSSR count). The molecule has 2 N–H and O–H groups in total. The highest BCUT2D eigenvalue weighted by molar-refractivity contribution is 6.21. The molecule has 1 fully saturated rings. The van der Waals surface area contributed by atoms with Crippen LogP contribution in [-0.4, -0.2) is 17.7 Å². The molecule has 5 nitrogen and oxygen atoms in total. The van der Waals surface area contributed by atoms with E-state index in [1.807, 2.05) is 42.5 Å². The Morgan fingerprint density at radius 1 is 0.875 bits per heavy atom. The third-order valence-electron chi connectivity index (χ3n) is 3.66. The zero-order valence-electron chi connectivity index (χ0n) is 13.4. The molecule has 1 saturated heterocycles. The number of hydrogen-bond donors (Lipinski definition) is 1. The summed E-state index contributed by atoms with van der Waals surface area (Å²) < 4.78 is 10.3. The van der Waals surface area contributed by atoms with E-state index in [4.69, 9.17) is 15.2 Å². The number of ether oxygens (including phenoxy) is 2. The first-order valence-corrected chi connectivity index (χ1v) is 7.50. The molecule has 122 valence electrons. The van der Waals surface area contributed by atoms with Crippen LogP contribution < -0.4 is 5.73 Å². The Morgan fingerprint density at radius 2 is 1.42 bits per heavy atom. The lowest BCUT2D eigenvalue weighted by Crippen LogP contribution is -2.42. The van der Waals surface area contributed by atoms with Gasteiger partial charge in [-0.15, -0.1) is 0 Å². The summed E-state index contributed by atoms with van der Waals surface area (Å²) in [5.74, 6) is -2.86. The summed E-state index contributed by atoms with van der Waals surface area (Å²) in [5, 5.41) is 0. The second-order valence-corrected chi connectivity index (χ2v) is 5.88. The van der Waals surface area contributed by atoms with Crippen LogP contribution in [0.1, 0.15) is 19.4 Å². The Kier molecular flexibility index (Phi) is 3.85. The molecule has 0 radical (unpaired) electrons. The predicted octanol–water partition coefficient (Wildman–Crippen LogP) is 2.86. The maximum absolute atomic E-state index is 12.2. The number of nitrogens with two attached hydrogens (primary N) is 1. The monoisotopic (exact) mass is 323 g/mol. The molecule has 1 aliphatic rings. The van der Waals surface area contributed by atoms with E-state index in [2.05, 4.69) is 0 Å². The number of carbonyl (C=O) groups excluding carboxylic acids is 2. The highest BCUT2D eigenvalue weighted by Crippen LogP contribution is 2.31. The summed E-state index contributed by atoms with van der Waals surface area (Å²) in [7, 11) is 0. The Balaban J connectivity index is 2.13. The van der Waals surface area contributed by atoms with Gasteiger partial charge in [-0.25, -0.2) is 9.59 Å². The Morgan fingerprint density at radius 3 is 2.04 bits per heavy atom. The van der Waals surface area contributed by atoms with Gasteiger partial charge in [-0.2, -0.15) is 0 Å². The number of esters is 2. The third kappa shape index (κ3) is 2.88. The van der Waals surface area contributed by atoms with Gasteiger partial charge >= 0.3 is 11.9 Å². The van der Waals surface area contributed by atoms with Gasteiger partial charge in [0.1, 0.15) is 0 Å². The van der Waals surface area contributed by atoms with Gasteiger partial charge in [0.25, 0.3) is 5.79 Å². The predicted molar refractivity (Wildman–Crippen MR) is 89.2 cm³/mol. The van der Waals surface area contributed by atoms with E-state index in [1.165, 1.54) is 13.8 Å². The van der Waals surface area contributed by atoms with Crippen molar-refractivity contribution in [3.63, 3.8) is 0 Å². The molecular weight excluding hydrogens is 306 g/mol. The van der Waals surface area contributed by atoms with E-state index in [1.54, 1.807) is 12.1 Å². The molecular formula is C19H17NO4. The quantitative estimate of drug-likeness (QED) is 0.522. The van der Waals surface area contributed by atoms with Crippen LogP contribution in [0.15, 0.2) is 60.2 Å². The molecule has 0 atom stereocenters. The second-order valence-electron chi connectivity index (χ2n) is 5.88. The normalized spacial score (nSPS) is 16.3. The molecule has 1 heterocycles. The maximum atomic E-state index is 12.2. The van der Waals surface area contributed by atoms with Gasteiger partial charge in [0.15, 0.2) is 5.57 Å². The molecule has 1 aliphatic heterocycles. The minimum absolute atomic E-state index is 0.0416. The van der Waals surface area contributed by atoms with Gasteiger partial charge in [-0.05, 0) is 11.1 Å². The second kappa shape index (κ2) is 5.85. The number of hydrogen-bond acceptors (Lipinski definition) is 5. The maximum Gasteiger partial charge on any atom is 0.351 e. The minimum Gasteiger partial charge on any atom is -0.419 e. The highest BCUT2D eigenvalue weighted by atomic mass is 16.7. The van der Waals surface area contributed by atoms with E-state index >= 15 is 0 Å². The summed E-state index contributed by atoms with van der Waals surface area (Å²) in [4.78, 5) is 24.4. The molecule has 0 saturated carbocycles. The molecule has 24 heavy (non-hydrogen) atoms. The van der Waals surface area contributed by atoms with Crippen LogP contribution in [0.4, 0.5) is 0 Å². The Hall–Kier alpha value is -3.08. The summed E-state index contributed by atoms with van der Waals surface area (Å²) in [5.41, 5.74) is 8.23. The van der Waals surface area contributed by atoms with Crippen LogP contribution >= 0.6 is 0 Å². The summed E-state index contributed by atoms with van der Waals surface area (Å²) >= 11 is 0. The average Bonchev–Trinajstić information content (AvgIpc) is 2.53. The van der Waals surface area contributed by atoms with Crippen molar-refractivity contribution in [2.24, 2.45) is 5.73 Å². The van der Waals surface area contributed by atoms with Gasteiger partial charge in [0.05, 0.1) is 5.70 Å². The summed E-state index contributed by atoms with van der Waals surface area (Å²) in [6.45, 7) is 2.99. The standard InChI is InChI=1S/C19H17NO4/c1-19(2)23-17(21)15(18(22)24-19)16(20)14-11-7-6-10-13(14)12-8-4-3-5-9-12/h3-11H,20H2,1-2H3. The van der Waals surface area contributed by atoms with Crippen LogP contribution in [0.2, 0.25) is 0 Å². The number of benzene rings is 2. The summed E-state index contributed by atoms with van der Waals surface area (Å²) in [6, 6.07) is 16.9. The molecule has 2 aromatic carbocycles. The molecule has 5 heteroatoms. The fourth-order valence-electron chi connectivity index (χ4n) is 2.59. The number of carbonyl (C=O) groups is 2. The molecule has 0 spiro atoms. The first-order chi connectivity index (χ1) is 11.4. The van der Waals surface area contributed by atoms with Gasteiger partial charge in [0, 0.05) is 19.4 Å². The van der Waals surface area contributed by atoms with E-state index < -0.39 is 17.7 Å². The highest BCUT2D eigenvalue weighted by Gasteiger charge is 2.40. The van der Waals surface area contributed by atoms with Crippen molar-refractivity contribution in [3.8, 4) is 11.1 Å². The van der Waals surface area contributed by atoms with Gasteiger partial charge in [-0.1, -0.05) is 54.6 Å². The Bertz CT molecular complexity index is 815. The third-order valence-corrected chi connectivity index (χ3v) is 3.66. The van der Waals surface area contributed by atoms with E-state index in [0.29, 0.717) is 5.56 Å². The van der Waals surface area contributed by atoms with Crippen molar-refractivity contribution in [2.75, 3.05) is 0 Å². The van der Waals surface area contributed by atoms with Crippen LogP contribution in [0, 0.1) is 0 Å². The molecule has 0 unspecified atom stereocenters. The van der Waals surface area contributed by atoms with Crippen LogP contribution in [0.25, 0.3) is 16.8 Å². The molecule has 0 aliphatic carbocycles. The smallest absolute Gasteiger partial charge is 0.351 e. The minimum atomic E-state index is -1.29. The lowest BCUT2D eigenvalue weighted by molar-refractivity contribution is -0.222. The average molecular weight is 323 g/mol. The van der Waals surface area contributed by atoms with Crippen LogP contribution in [-0.2, 0) is 19.1 Å². The van der Waals surface area contributed by atoms with Crippen LogP contribution in [0.5, 0.6) is 0 Å². The first-order valence-electron chi connectivity index (χ1n) is 7.50. The van der Waals surface area contributed by atoms with Crippen molar-refractivity contribution >= 4 is 17.6 Å². The van der Waals surface area contributed by atoms with Crippen molar-refractivity contribution in [3.05, 3.63) is 65.7 Å². The number of rotatable bonds is 2. The van der Waals surface area contributed by atoms with Gasteiger partial charge < -0.3 is 15.2 Å². The molecule has 0 aromatic heterocycles. The zero-order chi connectivity index (χ0) is 17.3. The van der Waals surface area contributed by atoms with Crippen molar-refractivity contribution in [2.45, 2.75) is 19.6 Å². The summed E-state index contributed by atoms with van der Waals surface area (Å²) in [6.07, 6.45) is 0. The Labute approximate surface area is 139 Å². The molecule has 0 amide bonds. The van der Waals surface area contributed by atoms with Crippen molar-refractivity contribution in [1.29, 1.82) is 0 Å². The van der Waals surface area contributed by atoms with Crippen molar-refractivity contribution in [1.82, 2.24) is 0 Å². The molecule has 2 aromatic rings. The van der Waals surface area contributed by atoms with Gasteiger partial charge in [0.2, 0.25) is 0 Å². The number of cyclic esters (lactones) is 2. The van der Waals surface area contributed by atoms with Gasteiger partial charge in [-0.3, -0.25) is 0 Å². The van der Waals surface area contributed by atoms with E-state index in [9.17, 15) is 9.59 Å². The van der Waals surface area contributed by atoms with Crippen molar-refractivity contribution < 1.29 is 19.1 Å². The van der Waals surface area contributed by atoms with E-state index in [-0.39, 0.29) is 11.3 Å². The topological polar surface area (TPSA) is 78.6 Å². The zero-order valence-corrected chi connectivity index (χ0v) is 13.4. The first kappa shape index (κ1) is 15.8. The molecule has 0 bridgehead atoms.